The average Bonchev–Trinajstić information content (AvgIpc) is 2.83. The second-order valence-electron chi connectivity index (χ2n) is 7.64. The zero-order valence-corrected chi connectivity index (χ0v) is 19.3. The van der Waals surface area contributed by atoms with Gasteiger partial charge in [0.2, 0.25) is 0 Å². The monoisotopic (exact) mass is 489 g/mol. The molecule has 1 heterocycles. The zero-order valence-electron chi connectivity index (χ0n) is 19.3. The van der Waals surface area contributed by atoms with Gasteiger partial charge in [0.25, 0.3) is 5.91 Å². The fourth-order valence-corrected chi connectivity index (χ4v) is 3.47. The summed E-state index contributed by atoms with van der Waals surface area (Å²) >= 11 is 0. The number of carbonyl (C=O) groups excluding carboxylic acids is 2. The summed E-state index contributed by atoms with van der Waals surface area (Å²) in [6, 6.07) is 11.2. The van der Waals surface area contributed by atoms with E-state index in [4.69, 9.17) is 13.9 Å². The van der Waals surface area contributed by atoms with Crippen LogP contribution in [0.25, 0.3) is 11.0 Å². The standard InChI is InChI=1S/C25H25F2NO7/c1-15-19-8-7-18(32-2)13-21(19)35-24(31)20(15)9-10-23(30)33-14-22(29)28-12-11-16-3-5-17(6-4-16)34-25(26)27/h3-8,13,25H,9-12,14H2,1-2H3,(H,28,29). The Morgan fingerprint density at radius 3 is 2.46 bits per heavy atom. The van der Waals surface area contributed by atoms with Crippen LogP contribution in [0.2, 0.25) is 0 Å². The van der Waals surface area contributed by atoms with Crippen molar-refractivity contribution in [3.63, 3.8) is 0 Å². The Morgan fingerprint density at radius 1 is 1.06 bits per heavy atom. The van der Waals surface area contributed by atoms with Crippen LogP contribution in [0.1, 0.15) is 23.1 Å². The van der Waals surface area contributed by atoms with E-state index in [-0.39, 0.29) is 25.1 Å². The largest absolute Gasteiger partial charge is 0.497 e. The number of hydrogen-bond acceptors (Lipinski definition) is 7. The number of alkyl halides is 2. The van der Waals surface area contributed by atoms with Gasteiger partial charge in [0.05, 0.1) is 7.11 Å². The Hall–Kier alpha value is -3.95. The highest BCUT2D eigenvalue weighted by Gasteiger charge is 2.15. The maximum absolute atomic E-state index is 12.4. The molecule has 0 unspecified atom stereocenters. The van der Waals surface area contributed by atoms with Crippen LogP contribution in [0.4, 0.5) is 8.78 Å². The summed E-state index contributed by atoms with van der Waals surface area (Å²) in [7, 11) is 1.52. The molecule has 186 valence electrons. The number of nitrogens with one attached hydrogen (secondary N) is 1. The van der Waals surface area contributed by atoms with Crippen LogP contribution in [-0.4, -0.2) is 38.7 Å². The van der Waals surface area contributed by atoms with Gasteiger partial charge in [-0.05, 0) is 55.2 Å². The van der Waals surface area contributed by atoms with Crippen LogP contribution in [0.3, 0.4) is 0 Å². The van der Waals surface area contributed by atoms with Crippen molar-refractivity contribution in [3.05, 3.63) is 69.6 Å². The molecular weight excluding hydrogens is 464 g/mol. The number of aryl methyl sites for hydroxylation is 1. The summed E-state index contributed by atoms with van der Waals surface area (Å²) in [5, 5.41) is 3.35. The number of esters is 1. The van der Waals surface area contributed by atoms with Gasteiger partial charge in [-0.25, -0.2) is 4.79 Å². The number of benzene rings is 2. The minimum Gasteiger partial charge on any atom is -0.497 e. The van der Waals surface area contributed by atoms with E-state index in [1.807, 2.05) is 0 Å². The lowest BCUT2D eigenvalue weighted by atomic mass is 10.0. The molecule has 0 fully saturated rings. The lowest BCUT2D eigenvalue weighted by Gasteiger charge is -2.09. The summed E-state index contributed by atoms with van der Waals surface area (Å²) in [6.45, 7) is -1.29. The molecule has 0 aliphatic carbocycles. The Morgan fingerprint density at radius 2 is 1.77 bits per heavy atom. The van der Waals surface area contributed by atoms with Crippen molar-refractivity contribution in [1.82, 2.24) is 5.32 Å². The number of methoxy groups -OCH3 is 1. The van der Waals surface area contributed by atoms with Crippen LogP contribution < -0.4 is 20.4 Å². The van der Waals surface area contributed by atoms with Gasteiger partial charge in [-0.2, -0.15) is 8.78 Å². The third-order valence-electron chi connectivity index (χ3n) is 5.32. The first-order valence-corrected chi connectivity index (χ1v) is 10.8. The normalized spacial score (nSPS) is 10.9. The fraction of sp³-hybridized carbons (Fsp3) is 0.320. The molecule has 3 rings (SSSR count). The fourth-order valence-electron chi connectivity index (χ4n) is 3.47. The maximum Gasteiger partial charge on any atom is 0.387 e. The van der Waals surface area contributed by atoms with E-state index >= 15 is 0 Å². The van der Waals surface area contributed by atoms with Crippen LogP contribution in [0.15, 0.2) is 51.7 Å². The molecule has 0 radical (unpaired) electrons. The van der Waals surface area contributed by atoms with E-state index in [0.29, 0.717) is 28.9 Å². The first-order chi connectivity index (χ1) is 16.8. The van der Waals surface area contributed by atoms with E-state index in [9.17, 15) is 23.2 Å². The van der Waals surface area contributed by atoms with Crippen molar-refractivity contribution < 1.29 is 37.0 Å². The number of rotatable bonds is 11. The molecule has 1 aromatic heterocycles. The third-order valence-corrected chi connectivity index (χ3v) is 5.32. The smallest absolute Gasteiger partial charge is 0.387 e. The zero-order chi connectivity index (χ0) is 25.4. The summed E-state index contributed by atoms with van der Waals surface area (Å²) in [6.07, 6.45) is 0.479. The van der Waals surface area contributed by atoms with Crippen molar-refractivity contribution in [2.75, 3.05) is 20.3 Å². The molecule has 0 atom stereocenters. The van der Waals surface area contributed by atoms with Crippen LogP contribution >= 0.6 is 0 Å². The number of ether oxygens (including phenoxy) is 3. The number of hydrogen-bond donors (Lipinski definition) is 1. The number of amides is 1. The highest BCUT2D eigenvalue weighted by molar-refractivity contribution is 5.83. The first-order valence-electron chi connectivity index (χ1n) is 10.8. The molecule has 0 saturated heterocycles. The highest BCUT2D eigenvalue weighted by Crippen LogP contribution is 2.24. The predicted molar refractivity (Wildman–Crippen MR) is 123 cm³/mol. The van der Waals surface area contributed by atoms with Gasteiger partial charge < -0.3 is 23.9 Å². The second kappa shape index (κ2) is 12.0. The molecular formula is C25H25F2NO7. The molecule has 1 amide bonds. The molecule has 35 heavy (non-hydrogen) atoms. The molecule has 3 aromatic rings. The minimum absolute atomic E-state index is 0.0524. The molecule has 0 bridgehead atoms. The van der Waals surface area contributed by atoms with Crippen molar-refractivity contribution in [2.45, 2.75) is 32.8 Å². The molecule has 1 N–H and O–H groups in total. The van der Waals surface area contributed by atoms with Crippen LogP contribution in [0.5, 0.6) is 11.5 Å². The van der Waals surface area contributed by atoms with Gasteiger partial charge in [0.1, 0.15) is 17.1 Å². The van der Waals surface area contributed by atoms with Gasteiger partial charge in [0, 0.05) is 30.0 Å². The highest BCUT2D eigenvalue weighted by atomic mass is 19.3. The van der Waals surface area contributed by atoms with Crippen molar-refractivity contribution in [3.8, 4) is 11.5 Å². The van der Waals surface area contributed by atoms with E-state index in [1.54, 1.807) is 37.3 Å². The average molecular weight is 489 g/mol. The van der Waals surface area contributed by atoms with Gasteiger partial charge in [-0.15, -0.1) is 0 Å². The number of carbonyl (C=O) groups is 2. The SMILES string of the molecule is COc1ccc2c(C)c(CCC(=O)OCC(=O)NCCc3ccc(OC(F)F)cc3)c(=O)oc2c1. The molecule has 10 heteroatoms. The Bertz CT molecular complexity index is 1240. The van der Waals surface area contributed by atoms with Crippen molar-refractivity contribution in [2.24, 2.45) is 0 Å². The Labute approximate surface area is 199 Å². The van der Waals surface area contributed by atoms with Gasteiger partial charge in [-0.1, -0.05) is 12.1 Å². The van der Waals surface area contributed by atoms with Gasteiger partial charge in [0.15, 0.2) is 6.61 Å². The lowest BCUT2D eigenvalue weighted by molar-refractivity contribution is -0.148. The van der Waals surface area contributed by atoms with E-state index in [0.717, 1.165) is 10.9 Å². The second-order valence-corrected chi connectivity index (χ2v) is 7.64. The van der Waals surface area contributed by atoms with Crippen LogP contribution in [0, 0.1) is 6.92 Å². The van der Waals surface area contributed by atoms with Crippen molar-refractivity contribution in [1.29, 1.82) is 0 Å². The predicted octanol–water partition coefficient (Wildman–Crippen LogP) is 3.55. The van der Waals surface area contributed by atoms with Crippen LogP contribution in [-0.2, 0) is 27.2 Å². The van der Waals surface area contributed by atoms with Crippen molar-refractivity contribution >= 4 is 22.8 Å². The number of halogens is 2. The van der Waals surface area contributed by atoms with E-state index in [2.05, 4.69) is 10.1 Å². The molecule has 0 aliphatic heterocycles. The minimum atomic E-state index is -2.89. The first kappa shape index (κ1) is 25.7. The quantitative estimate of drug-likeness (QED) is 0.325. The lowest BCUT2D eigenvalue weighted by Crippen LogP contribution is -2.30. The van der Waals surface area contributed by atoms with Gasteiger partial charge >= 0.3 is 18.2 Å². The molecule has 2 aromatic carbocycles. The topological polar surface area (TPSA) is 104 Å². The third kappa shape index (κ3) is 7.26. The molecule has 0 spiro atoms. The van der Waals surface area contributed by atoms with E-state index < -0.39 is 30.7 Å². The maximum atomic E-state index is 12.4. The molecule has 8 nitrogen and oxygen atoms in total. The summed E-state index contributed by atoms with van der Waals surface area (Å²) in [4.78, 5) is 36.4. The summed E-state index contributed by atoms with van der Waals surface area (Å²) in [5.41, 5.74) is 1.74. The Kier molecular flexibility index (Phi) is 8.77. The molecule has 0 aliphatic rings. The molecule has 0 saturated carbocycles. The summed E-state index contributed by atoms with van der Waals surface area (Å²) < 4.78 is 44.1. The Balaban J connectivity index is 1.43. The van der Waals surface area contributed by atoms with E-state index in [1.165, 1.54) is 19.2 Å². The number of fused-ring (bicyclic) bond motifs is 1. The summed E-state index contributed by atoms with van der Waals surface area (Å²) in [5.74, 6) is -0.488. The van der Waals surface area contributed by atoms with Gasteiger partial charge in [-0.3, -0.25) is 9.59 Å².